The van der Waals surface area contributed by atoms with Gasteiger partial charge in [0.25, 0.3) is 10.2 Å². The zero-order valence-electron chi connectivity index (χ0n) is 10.6. The van der Waals surface area contributed by atoms with E-state index in [1.807, 2.05) is 6.92 Å². The van der Waals surface area contributed by atoms with Gasteiger partial charge in [-0.25, -0.2) is 5.14 Å². The molecule has 0 aromatic heterocycles. The van der Waals surface area contributed by atoms with Gasteiger partial charge in [-0.15, -0.1) is 0 Å². The first kappa shape index (κ1) is 14.7. The monoisotopic (exact) mass is 273 g/mol. The summed E-state index contributed by atoms with van der Waals surface area (Å²) >= 11 is 0. The standard InChI is InChI=1S/C11H19N3O3S/c1-8(11(2,3)15)13-9-5-4-6-10(7-9)14-18(12,16)17/h4-8,13-15H,1-3H3,(H2,12,16,17). The highest BCUT2D eigenvalue weighted by atomic mass is 32.2. The van der Waals surface area contributed by atoms with Crippen molar-refractivity contribution in [3.05, 3.63) is 24.3 Å². The van der Waals surface area contributed by atoms with Gasteiger partial charge >= 0.3 is 0 Å². The highest BCUT2D eigenvalue weighted by Crippen LogP contribution is 2.19. The summed E-state index contributed by atoms with van der Waals surface area (Å²) in [5.74, 6) is 0. The Balaban J connectivity index is 2.83. The molecule has 1 aromatic rings. The first-order chi connectivity index (χ1) is 8.08. The van der Waals surface area contributed by atoms with E-state index in [1.54, 1.807) is 38.1 Å². The van der Waals surface area contributed by atoms with E-state index in [1.165, 1.54) is 0 Å². The number of hydrogen-bond donors (Lipinski definition) is 4. The Hall–Kier alpha value is -1.31. The summed E-state index contributed by atoms with van der Waals surface area (Å²) < 4.78 is 24.0. The molecule has 1 rings (SSSR count). The van der Waals surface area contributed by atoms with Gasteiger partial charge in [0.1, 0.15) is 0 Å². The molecular formula is C11H19N3O3S. The van der Waals surface area contributed by atoms with Crippen LogP contribution in [0.3, 0.4) is 0 Å². The van der Waals surface area contributed by atoms with Gasteiger partial charge in [-0.1, -0.05) is 6.07 Å². The van der Waals surface area contributed by atoms with E-state index >= 15 is 0 Å². The molecule has 1 atom stereocenters. The molecule has 7 heteroatoms. The Morgan fingerprint density at radius 1 is 1.33 bits per heavy atom. The van der Waals surface area contributed by atoms with Gasteiger partial charge in [-0.3, -0.25) is 4.72 Å². The predicted octanol–water partition coefficient (Wildman–Crippen LogP) is 0.873. The molecule has 0 bridgehead atoms. The largest absolute Gasteiger partial charge is 0.388 e. The minimum absolute atomic E-state index is 0.192. The van der Waals surface area contributed by atoms with Gasteiger partial charge in [0.15, 0.2) is 0 Å². The molecule has 0 aliphatic heterocycles. The predicted molar refractivity (Wildman–Crippen MR) is 72.6 cm³/mol. The molecule has 0 aliphatic rings. The lowest BCUT2D eigenvalue weighted by molar-refractivity contribution is 0.0649. The van der Waals surface area contributed by atoms with Crippen LogP contribution in [0, 0.1) is 0 Å². The number of nitrogens with two attached hydrogens (primary N) is 1. The molecule has 0 heterocycles. The topological polar surface area (TPSA) is 104 Å². The van der Waals surface area contributed by atoms with Gasteiger partial charge in [0, 0.05) is 5.69 Å². The van der Waals surface area contributed by atoms with Crippen molar-refractivity contribution in [2.45, 2.75) is 32.4 Å². The summed E-state index contributed by atoms with van der Waals surface area (Å²) in [6.45, 7) is 5.22. The Labute approximate surface area is 107 Å². The van der Waals surface area contributed by atoms with Crippen LogP contribution in [-0.2, 0) is 10.2 Å². The first-order valence-corrected chi connectivity index (χ1v) is 7.02. The molecule has 1 unspecified atom stereocenters. The molecular weight excluding hydrogens is 254 g/mol. The normalized spacial score (nSPS) is 14.1. The lowest BCUT2D eigenvalue weighted by Gasteiger charge is -2.27. The van der Waals surface area contributed by atoms with E-state index in [9.17, 15) is 13.5 Å². The van der Waals surface area contributed by atoms with Crippen LogP contribution in [0.2, 0.25) is 0 Å². The van der Waals surface area contributed by atoms with Crippen LogP contribution in [-0.4, -0.2) is 25.2 Å². The highest BCUT2D eigenvalue weighted by molar-refractivity contribution is 7.90. The SMILES string of the molecule is CC(Nc1cccc(NS(N)(=O)=O)c1)C(C)(C)O. The van der Waals surface area contributed by atoms with E-state index in [2.05, 4.69) is 10.0 Å². The second-order valence-corrected chi connectivity index (χ2v) is 6.04. The Morgan fingerprint density at radius 3 is 2.39 bits per heavy atom. The minimum atomic E-state index is -3.78. The zero-order valence-corrected chi connectivity index (χ0v) is 11.5. The third-order valence-corrected chi connectivity index (χ3v) is 3.09. The summed E-state index contributed by atoms with van der Waals surface area (Å²) in [4.78, 5) is 0. The maximum atomic E-state index is 10.9. The van der Waals surface area contributed by atoms with Crippen molar-refractivity contribution in [3.8, 4) is 0 Å². The highest BCUT2D eigenvalue weighted by Gasteiger charge is 2.21. The summed E-state index contributed by atoms with van der Waals surface area (Å²) in [5, 5.41) is 17.8. The molecule has 0 saturated carbocycles. The average molecular weight is 273 g/mol. The number of benzene rings is 1. The molecule has 0 spiro atoms. The third kappa shape index (κ3) is 4.91. The van der Waals surface area contributed by atoms with Crippen molar-refractivity contribution >= 4 is 21.6 Å². The fourth-order valence-electron chi connectivity index (χ4n) is 1.26. The van der Waals surface area contributed by atoms with Crippen LogP contribution in [0.15, 0.2) is 24.3 Å². The molecule has 0 amide bonds. The molecule has 5 N–H and O–H groups in total. The van der Waals surface area contributed by atoms with Crippen molar-refractivity contribution in [3.63, 3.8) is 0 Å². The van der Waals surface area contributed by atoms with Crippen molar-refractivity contribution in [1.82, 2.24) is 0 Å². The first-order valence-electron chi connectivity index (χ1n) is 5.47. The fourth-order valence-corrected chi connectivity index (χ4v) is 1.72. The second-order valence-electron chi connectivity index (χ2n) is 4.75. The Morgan fingerprint density at radius 2 is 1.89 bits per heavy atom. The van der Waals surface area contributed by atoms with Crippen LogP contribution in [0.5, 0.6) is 0 Å². The van der Waals surface area contributed by atoms with E-state index in [0.29, 0.717) is 11.4 Å². The summed E-state index contributed by atoms with van der Waals surface area (Å²) in [6.07, 6.45) is 0. The molecule has 0 aliphatic carbocycles. The van der Waals surface area contributed by atoms with Crippen molar-refractivity contribution in [2.75, 3.05) is 10.0 Å². The Kier molecular flexibility index (Phi) is 4.20. The Bertz CT molecular complexity index is 509. The maximum absolute atomic E-state index is 10.9. The van der Waals surface area contributed by atoms with E-state index in [-0.39, 0.29) is 6.04 Å². The van der Waals surface area contributed by atoms with Gasteiger partial charge in [-0.05, 0) is 39.0 Å². The van der Waals surface area contributed by atoms with Gasteiger partial charge in [0.05, 0.1) is 17.3 Å². The molecule has 0 saturated heterocycles. The van der Waals surface area contributed by atoms with Crippen molar-refractivity contribution in [2.24, 2.45) is 5.14 Å². The summed E-state index contributed by atoms with van der Waals surface area (Å²) in [7, 11) is -3.78. The van der Waals surface area contributed by atoms with E-state index in [4.69, 9.17) is 5.14 Å². The summed E-state index contributed by atoms with van der Waals surface area (Å²) in [6, 6.07) is 6.46. The van der Waals surface area contributed by atoms with Gasteiger partial charge in [0.2, 0.25) is 0 Å². The molecule has 102 valence electrons. The summed E-state index contributed by atoms with van der Waals surface area (Å²) in [5.41, 5.74) is 0.173. The van der Waals surface area contributed by atoms with Gasteiger partial charge < -0.3 is 10.4 Å². The number of anilines is 2. The minimum Gasteiger partial charge on any atom is -0.388 e. The third-order valence-electron chi connectivity index (χ3n) is 2.57. The maximum Gasteiger partial charge on any atom is 0.296 e. The van der Waals surface area contributed by atoms with Crippen LogP contribution in [0.1, 0.15) is 20.8 Å². The van der Waals surface area contributed by atoms with Crippen molar-refractivity contribution in [1.29, 1.82) is 0 Å². The molecule has 0 radical (unpaired) electrons. The van der Waals surface area contributed by atoms with Crippen molar-refractivity contribution < 1.29 is 13.5 Å². The average Bonchev–Trinajstić information content (AvgIpc) is 2.13. The van der Waals surface area contributed by atoms with Crippen LogP contribution in [0.4, 0.5) is 11.4 Å². The molecule has 0 fully saturated rings. The van der Waals surface area contributed by atoms with Crippen LogP contribution in [0.25, 0.3) is 0 Å². The molecule has 6 nitrogen and oxygen atoms in total. The zero-order chi connectivity index (χ0) is 14.0. The number of rotatable bonds is 5. The van der Waals surface area contributed by atoms with E-state index < -0.39 is 15.8 Å². The van der Waals surface area contributed by atoms with E-state index in [0.717, 1.165) is 0 Å². The number of aliphatic hydroxyl groups is 1. The lowest BCUT2D eigenvalue weighted by atomic mass is 10.0. The van der Waals surface area contributed by atoms with Crippen LogP contribution >= 0.6 is 0 Å². The number of hydrogen-bond acceptors (Lipinski definition) is 4. The molecule has 18 heavy (non-hydrogen) atoms. The number of nitrogens with one attached hydrogen (secondary N) is 2. The lowest BCUT2D eigenvalue weighted by Crippen LogP contribution is -2.39. The molecule has 1 aromatic carbocycles. The van der Waals surface area contributed by atoms with Crippen LogP contribution < -0.4 is 15.2 Å². The van der Waals surface area contributed by atoms with Gasteiger partial charge in [-0.2, -0.15) is 8.42 Å². The fraction of sp³-hybridized carbons (Fsp3) is 0.455. The smallest absolute Gasteiger partial charge is 0.296 e. The quantitative estimate of drug-likeness (QED) is 0.639. The second kappa shape index (κ2) is 5.13.